The Morgan fingerprint density at radius 2 is 2.08 bits per heavy atom. The molecule has 0 unspecified atom stereocenters. The van der Waals surface area contributed by atoms with Crippen molar-refractivity contribution in [2.45, 2.75) is 45.6 Å². The SMILES string of the molecule is CCCCC[C@@H](C)NCC(=O)O.Cl. The van der Waals surface area contributed by atoms with E-state index in [0.29, 0.717) is 6.04 Å². The first-order valence-corrected chi connectivity index (χ1v) is 4.62. The summed E-state index contributed by atoms with van der Waals surface area (Å²) >= 11 is 0. The Kier molecular flexibility index (Phi) is 11.5. The summed E-state index contributed by atoms with van der Waals surface area (Å²) in [5.41, 5.74) is 0. The second-order valence-electron chi connectivity index (χ2n) is 3.17. The lowest BCUT2D eigenvalue weighted by atomic mass is 10.1. The van der Waals surface area contributed by atoms with Crippen molar-refractivity contribution >= 4 is 18.4 Å². The number of aliphatic carboxylic acids is 1. The molecule has 1 atom stereocenters. The summed E-state index contributed by atoms with van der Waals surface area (Å²) in [4.78, 5) is 10.2. The fourth-order valence-corrected chi connectivity index (χ4v) is 1.06. The molecule has 80 valence electrons. The number of carbonyl (C=O) groups is 1. The van der Waals surface area contributed by atoms with E-state index < -0.39 is 5.97 Å². The molecule has 0 aromatic carbocycles. The van der Waals surface area contributed by atoms with Gasteiger partial charge in [0.15, 0.2) is 0 Å². The third kappa shape index (κ3) is 11.7. The Bertz CT molecular complexity index is 131. The Labute approximate surface area is 86.3 Å². The lowest BCUT2D eigenvalue weighted by Crippen LogP contribution is -2.31. The lowest BCUT2D eigenvalue weighted by molar-refractivity contribution is -0.136. The van der Waals surface area contributed by atoms with Crippen LogP contribution in [0.2, 0.25) is 0 Å². The summed E-state index contributed by atoms with van der Waals surface area (Å²) in [6, 6.07) is 0.327. The van der Waals surface area contributed by atoms with Crippen LogP contribution in [-0.2, 0) is 4.79 Å². The third-order valence-electron chi connectivity index (χ3n) is 1.84. The zero-order chi connectivity index (χ0) is 9.40. The molecular weight excluding hydrogens is 190 g/mol. The molecule has 0 saturated carbocycles. The van der Waals surface area contributed by atoms with E-state index >= 15 is 0 Å². The first-order chi connectivity index (χ1) is 5.66. The first-order valence-electron chi connectivity index (χ1n) is 4.62. The number of hydrogen-bond donors (Lipinski definition) is 2. The molecule has 2 N–H and O–H groups in total. The maximum Gasteiger partial charge on any atom is 0.317 e. The van der Waals surface area contributed by atoms with Crippen LogP contribution in [0.1, 0.15) is 39.5 Å². The van der Waals surface area contributed by atoms with Crippen LogP contribution in [0.4, 0.5) is 0 Å². The molecule has 0 aromatic rings. The van der Waals surface area contributed by atoms with Gasteiger partial charge < -0.3 is 10.4 Å². The minimum atomic E-state index is -0.780. The minimum absolute atomic E-state index is 0. The second-order valence-corrected chi connectivity index (χ2v) is 3.17. The fraction of sp³-hybridized carbons (Fsp3) is 0.889. The molecule has 0 aliphatic heterocycles. The van der Waals surface area contributed by atoms with Crippen LogP contribution in [0.5, 0.6) is 0 Å². The minimum Gasteiger partial charge on any atom is -0.480 e. The molecule has 0 aliphatic carbocycles. The highest BCUT2D eigenvalue weighted by atomic mass is 35.5. The van der Waals surface area contributed by atoms with E-state index in [-0.39, 0.29) is 19.0 Å². The number of halogens is 1. The predicted octanol–water partition coefficient (Wildman–Crippen LogP) is 2.05. The van der Waals surface area contributed by atoms with Gasteiger partial charge in [-0.1, -0.05) is 26.2 Å². The van der Waals surface area contributed by atoms with Crippen LogP contribution in [0.15, 0.2) is 0 Å². The summed E-state index contributed by atoms with van der Waals surface area (Å²) < 4.78 is 0. The van der Waals surface area contributed by atoms with Crippen molar-refractivity contribution in [1.82, 2.24) is 5.32 Å². The highest BCUT2D eigenvalue weighted by Gasteiger charge is 2.02. The molecule has 4 heteroatoms. The van der Waals surface area contributed by atoms with Crippen LogP contribution in [0.3, 0.4) is 0 Å². The maximum absolute atomic E-state index is 10.2. The van der Waals surface area contributed by atoms with Crippen LogP contribution >= 0.6 is 12.4 Å². The summed E-state index contributed by atoms with van der Waals surface area (Å²) in [6.45, 7) is 4.27. The third-order valence-corrected chi connectivity index (χ3v) is 1.84. The summed E-state index contributed by atoms with van der Waals surface area (Å²) in [5.74, 6) is -0.780. The van der Waals surface area contributed by atoms with Gasteiger partial charge in [-0.15, -0.1) is 12.4 Å². The molecule has 0 saturated heterocycles. The van der Waals surface area contributed by atoms with Crippen molar-refractivity contribution in [1.29, 1.82) is 0 Å². The van der Waals surface area contributed by atoms with Crippen LogP contribution in [0, 0.1) is 0 Å². The van der Waals surface area contributed by atoms with Crippen molar-refractivity contribution in [3.63, 3.8) is 0 Å². The molecule has 0 radical (unpaired) electrons. The zero-order valence-corrected chi connectivity index (χ0v) is 9.19. The number of hydrogen-bond acceptors (Lipinski definition) is 2. The Balaban J connectivity index is 0. The van der Waals surface area contributed by atoms with Gasteiger partial charge in [-0.05, 0) is 13.3 Å². The normalized spacial score (nSPS) is 11.8. The molecule has 0 spiro atoms. The van der Waals surface area contributed by atoms with E-state index in [1.165, 1.54) is 19.3 Å². The van der Waals surface area contributed by atoms with Crippen molar-refractivity contribution in [3.8, 4) is 0 Å². The molecule has 13 heavy (non-hydrogen) atoms. The summed E-state index contributed by atoms with van der Waals surface area (Å²) in [7, 11) is 0. The van der Waals surface area contributed by atoms with Crippen LogP contribution < -0.4 is 5.32 Å². The van der Waals surface area contributed by atoms with Gasteiger partial charge in [0, 0.05) is 6.04 Å². The van der Waals surface area contributed by atoms with E-state index in [9.17, 15) is 4.79 Å². The first kappa shape index (κ1) is 15.2. The standard InChI is InChI=1S/C9H19NO2.ClH/c1-3-4-5-6-8(2)10-7-9(11)12;/h8,10H,3-7H2,1-2H3,(H,11,12);1H/t8-;/m1./s1. The van der Waals surface area contributed by atoms with Crippen molar-refractivity contribution in [3.05, 3.63) is 0 Å². The van der Waals surface area contributed by atoms with Crippen LogP contribution in [-0.4, -0.2) is 23.7 Å². The van der Waals surface area contributed by atoms with E-state index in [1.54, 1.807) is 0 Å². The lowest BCUT2D eigenvalue weighted by Gasteiger charge is -2.10. The molecule has 0 fully saturated rings. The van der Waals surface area contributed by atoms with Gasteiger partial charge in [0.2, 0.25) is 0 Å². The fourth-order valence-electron chi connectivity index (χ4n) is 1.06. The second kappa shape index (κ2) is 9.81. The van der Waals surface area contributed by atoms with Gasteiger partial charge in [0.1, 0.15) is 0 Å². The Morgan fingerprint density at radius 1 is 1.46 bits per heavy atom. The quantitative estimate of drug-likeness (QED) is 0.631. The molecule has 0 rings (SSSR count). The van der Waals surface area contributed by atoms with Gasteiger partial charge in [-0.25, -0.2) is 0 Å². The molecular formula is C9H20ClNO2. The maximum atomic E-state index is 10.2. The van der Waals surface area contributed by atoms with Gasteiger partial charge >= 0.3 is 5.97 Å². The number of carboxylic acid groups (broad SMARTS) is 1. The Hall–Kier alpha value is -0.280. The molecule has 3 nitrogen and oxygen atoms in total. The molecule has 0 bridgehead atoms. The van der Waals surface area contributed by atoms with E-state index in [1.807, 2.05) is 6.92 Å². The largest absolute Gasteiger partial charge is 0.480 e. The Morgan fingerprint density at radius 3 is 2.54 bits per heavy atom. The van der Waals surface area contributed by atoms with E-state index in [4.69, 9.17) is 5.11 Å². The summed E-state index contributed by atoms with van der Waals surface area (Å²) in [5, 5.41) is 11.3. The molecule has 0 aliphatic rings. The van der Waals surface area contributed by atoms with Crippen molar-refractivity contribution < 1.29 is 9.90 Å². The zero-order valence-electron chi connectivity index (χ0n) is 8.38. The number of nitrogens with one attached hydrogen (secondary N) is 1. The predicted molar refractivity (Wildman–Crippen MR) is 56.5 cm³/mol. The average Bonchev–Trinajstić information content (AvgIpc) is 2.01. The topological polar surface area (TPSA) is 49.3 Å². The van der Waals surface area contributed by atoms with Crippen molar-refractivity contribution in [2.24, 2.45) is 0 Å². The summed E-state index contributed by atoms with van der Waals surface area (Å²) in [6.07, 6.45) is 4.70. The smallest absolute Gasteiger partial charge is 0.317 e. The monoisotopic (exact) mass is 209 g/mol. The average molecular weight is 210 g/mol. The molecule has 0 heterocycles. The van der Waals surface area contributed by atoms with E-state index in [0.717, 1.165) is 6.42 Å². The highest BCUT2D eigenvalue weighted by Crippen LogP contribution is 2.02. The number of unbranched alkanes of at least 4 members (excludes halogenated alkanes) is 2. The molecule has 0 amide bonds. The molecule has 0 aromatic heterocycles. The van der Waals surface area contributed by atoms with E-state index in [2.05, 4.69) is 12.2 Å². The highest BCUT2D eigenvalue weighted by molar-refractivity contribution is 5.85. The van der Waals surface area contributed by atoms with Gasteiger partial charge in [-0.2, -0.15) is 0 Å². The number of rotatable bonds is 7. The van der Waals surface area contributed by atoms with Crippen molar-refractivity contribution in [2.75, 3.05) is 6.54 Å². The van der Waals surface area contributed by atoms with Gasteiger partial charge in [0.25, 0.3) is 0 Å². The van der Waals surface area contributed by atoms with Gasteiger partial charge in [0.05, 0.1) is 6.54 Å². The van der Waals surface area contributed by atoms with Crippen LogP contribution in [0.25, 0.3) is 0 Å². The number of carboxylic acids is 1. The van der Waals surface area contributed by atoms with Gasteiger partial charge in [-0.3, -0.25) is 4.79 Å².